The van der Waals surface area contributed by atoms with E-state index in [0.717, 1.165) is 49.8 Å². The average Bonchev–Trinajstić information content (AvgIpc) is 3.43. The highest BCUT2D eigenvalue weighted by Gasteiger charge is 2.27. The van der Waals surface area contributed by atoms with E-state index in [0.29, 0.717) is 18.7 Å². The Labute approximate surface area is 161 Å². The zero-order chi connectivity index (χ0) is 18.6. The molecule has 4 rings (SSSR count). The van der Waals surface area contributed by atoms with E-state index in [1.807, 2.05) is 29.7 Å². The number of hydrogen-bond donors (Lipinski definition) is 1. The number of aryl methyl sites for hydroxylation is 2. The van der Waals surface area contributed by atoms with Crippen molar-refractivity contribution in [1.29, 1.82) is 0 Å². The van der Waals surface area contributed by atoms with Gasteiger partial charge >= 0.3 is 0 Å². The first kappa shape index (κ1) is 17.8. The highest BCUT2D eigenvalue weighted by atomic mass is 32.1. The second-order valence-corrected chi connectivity index (χ2v) is 7.63. The molecule has 1 saturated heterocycles. The molecule has 9 heteroatoms. The lowest BCUT2D eigenvalue weighted by Crippen LogP contribution is -2.40. The van der Waals surface area contributed by atoms with Gasteiger partial charge in [0.15, 0.2) is 5.82 Å². The van der Waals surface area contributed by atoms with Crippen molar-refractivity contribution in [2.24, 2.45) is 0 Å². The van der Waals surface area contributed by atoms with Gasteiger partial charge in [0.1, 0.15) is 11.6 Å². The first-order valence-corrected chi connectivity index (χ1v) is 10.2. The summed E-state index contributed by atoms with van der Waals surface area (Å²) in [5.41, 5.74) is 2.90. The minimum absolute atomic E-state index is 0.166. The maximum absolute atomic E-state index is 12.7. The summed E-state index contributed by atoms with van der Waals surface area (Å²) in [7, 11) is 0. The Hall–Kier alpha value is -2.55. The normalized spacial score (nSPS) is 17.4. The van der Waals surface area contributed by atoms with Gasteiger partial charge in [0.05, 0.1) is 17.7 Å². The Bertz CT molecular complexity index is 885. The molecule has 3 aromatic heterocycles. The molecule has 0 spiro atoms. The highest BCUT2D eigenvalue weighted by Crippen LogP contribution is 2.26. The first-order valence-electron chi connectivity index (χ1n) is 9.23. The van der Waals surface area contributed by atoms with Gasteiger partial charge in [-0.2, -0.15) is 5.10 Å². The molecule has 0 bridgehead atoms. The van der Waals surface area contributed by atoms with Crippen molar-refractivity contribution >= 4 is 17.2 Å². The van der Waals surface area contributed by atoms with Crippen LogP contribution in [0.25, 0.3) is 0 Å². The number of nitrogens with one attached hydrogen (secondary N) is 1. The molecule has 0 radical (unpaired) electrons. The molecule has 0 aliphatic carbocycles. The van der Waals surface area contributed by atoms with Gasteiger partial charge < -0.3 is 9.47 Å². The van der Waals surface area contributed by atoms with Crippen LogP contribution >= 0.6 is 11.3 Å². The molecule has 8 nitrogen and oxygen atoms in total. The largest absolute Gasteiger partial charge is 0.342 e. The number of carbonyl (C=O) groups is 1. The topological polar surface area (TPSA) is 92.6 Å². The van der Waals surface area contributed by atoms with Gasteiger partial charge in [-0.15, -0.1) is 11.3 Å². The number of piperidine rings is 1. The number of amides is 1. The second-order valence-electron chi connectivity index (χ2n) is 6.91. The lowest BCUT2D eigenvalue weighted by atomic mass is 9.96. The molecule has 0 saturated carbocycles. The molecule has 3 aromatic rings. The number of imidazole rings is 1. The molecule has 1 aliphatic heterocycles. The van der Waals surface area contributed by atoms with E-state index >= 15 is 0 Å². The number of rotatable bonds is 6. The van der Waals surface area contributed by atoms with Gasteiger partial charge in [0.2, 0.25) is 5.91 Å². The van der Waals surface area contributed by atoms with Crippen LogP contribution in [0.2, 0.25) is 0 Å². The van der Waals surface area contributed by atoms with Gasteiger partial charge in [-0.3, -0.25) is 9.89 Å². The maximum Gasteiger partial charge on any atom is 0.223 e. The van der Waals surface area contributed by atoms with Crippen LogP contribution in [0.4, 0.5) is 0 Å². The standard InChI is InChI=1S/C18H23N7OS/c1-13-21-16(23-22-13)4-5-17(26)24-7-2-3-14(9-24)18-19-6-8-25(18)10-15-11-27-12-20-15/h6,8,11-12,14H,2-5,7,9-10H2,1H3,(H,21,22,23)/t14-/m1/s1. The molecule has 1 fully saturated rings. The first-order chi connectivity index (χ1) is 13.2. The van der Waals surface area contributed by atoms with Crippen molar-refractivity contribution in [2.75, 3.05) is 13.1 Å². The van der Waals surface area contributed by atoms with Crippen molar-refractivity contribution in [3.8, 4) is 0 Å². The Morgan fingerprint density at radius 1 is 1.41 bits per heavy atom. The number of aromatic amines is 1. The van der Waals surface area contributed by atoms with Gasteiger partial charge in [0, 0.05) is 49.6 Å². The summed E-state index contributed by atoms with van der Waals surface area (Å²) in [5.74, 6) is 2.96. The van der Waals surface area contributed by atoms with Crippen LogP contribution in [-0.2, 0) is 17.8 Å². The van der Waals surface area contributed by atoms with Crippen LogP contribution in [0.5, 0.6) is 0 Å². The van der Waals surface area contributed by atoms with Crippen molar-refractivity contribution in [2.45, 2.75) is 45.1 Å². The van der Waals surface area contributed by atoms with Crippen LogP contribution in [0, 0.1) is 6.92 Å². The Balaban J connectivity index is 1.38. The van der Waals surface area contributed by atoms with Gasteiger partial charge in [-0.25, -0.2) is 15.0 Å². The summed E-state index contributed by atoms with van der Waals surface area (Å²) in [6.07, 6.45) is 6.91. The molecule has 1 N–H and O–H groups in total. The third kappa shape index (κ3) is 4.24. The number of likely N-dealkylation sites (tertiary alicyclic amines) is 1. The van der Waals surface area contributed by atoms with Gasteiger partial charge in [0.25, 0.3) is 0 Å². The monoisotopic (exact) mass is 385 g/mol. The molecular formula is C18H23N7OS. The van der Waals surface area contributed by atoms with E-state index in [9.17, 15) is 4.79 Å². The van der Waals surface area contributed by atoms with E-state index in [2.05, 4.69) is 35.1 Å². The van der Waals surface area contributed by atoms with E-state index in [-0.39, 0.29) is 11.8 Å². The fourth-order valence-corrected chi connectivity index (χ4v) is 4.15. The molecule has 1 aliphatic rings. The number of aromatic nitrogens is 6. The van der Waals surface area contributed by atoms with Crippen molar-refractivity contribution in [3.05, 3.63) is 46.5 Å². The van der Waals surface area contributed by atoms with Crippen molar-refractivity contribution in [1.82, 2.24) is 34.6 Å². The molecule has 4 heterocycles. The number of hydrogen-bond acceptors (Lipinski definition) is 6. The highest BCUT2D eigenvalue weighted by molar-refractivity contribution is 7.07. The molecule has 142 valence electrons. The summed E-state index contributed by atoms with van der Waals surface area (Å²) in [6.45, 7) is 4.13. The Morgan fingerprint density at radius 2 is 2.33 bits per heavy atom. The third-order valence-corrected chi connectivity index (χ3v) is 5.54. The van der Waals surface area contributed by atoms with Crippen molar-refractivity contribution in [3.63, 3.8) is 0 Å². The number of thiazole rings is 1. The average molecular weight is 385 g/mol. The van der Waals surface area contributed by atoms with E-state index in [4.69, 9.17) is 0 Å². The summed E-state index contributed by atoms with van der Waals surface area (Å²) >= 11 is 1.60. The summed E-state index contributed by atoms with van der Waals surface area (Å²) < 4.78 is 2.16. The lowest BCUT2D eigenvalue weighted by Gasteiger charge is -2.32. The second kappa shape index (κ2) is 7.99. The van der Waals surface area contributed by atoms with E-state index in [1.165, 1.54) is 0 Å². The number of H-pyrrole nitrogens is 1. The van der Waals surface area contributed by atoms with Crippen LogP contribution < -0.4 is 0 Å². The van der Waals surface area contributed by atoms with E-state index in [1.54, 1.807) is 11.3 Å². The smallest absolute Gasteiger partial charge is 0.223 e. The van der Waals surface area contributed by atoms with Crippen molar-refractivity contribution < 1.29 is 4.79 Å². The predicted octanol–water partition coefficient (Wildman–Crippen LogP) is 2.15. The SMILES string of the molecule is Cc1nc(CCC(=O)N2CCC[C@@H](c3nccn3Cc3cscn3)C2)n[nH]1. The zero-order valence-corrected chi connectivity index (χ0v) is 16.2. The number of carbonyl (C=O) groups excluding carboxylic acids is 1. The summed E-state index contributed by atoms with van der Waals surface area (Å²) in [4.78, 5) is 27.9. The fraction of sp³-hybridized carbons (Fsp3) is 0.500. The maximum atomic E-state index is 12.7. The summed E-state index contributed by atoms with van der Waals surface area (Å²) in [5, 5.41) is 8.99. The minimum Gasteiger partial charge on any atom is -0.342 e. The molecule has 1 atom stereocenters. The zero-order valence-electron chi connectivity index (χ0n) is 15.3. The fourth-order valence-electron chi connectivity index (χ4n) is 3.60. The third-order valence-electron chi connectivity index (χ3n) is 4.91. The van der Waals surface area contributed by atoms with Crippen LogP contribution in [0.15, 0.2) is 23.3 Å². The molecule has 0 aromatic carbocycles. The van der Waals surface area contributed by atoms with E-state index < -0.39 is 0 Å². The molecule has 27 heavy (non-hydrogen) atoms. The molecule has 0 unspecified atom stereocenters. The Kier molecular flexibility index (Phi) is 5.28. The minimum atomic E-state index is 0.166. The quantitative estimate of drug-likeness (QED) is 0.702. The van der Waals surface area contributed by atoms with Crippen LogP contribution in [0.1, 0.15) is 48.3 Å². The predicted molar refractivity (Wildman–Crippen MR) is 101 cm³/mol. The number of nitrogens with zero attached hydrogens (tertiary/aromatic N) is 6. The van der Waals surface area contributed by atoms with Gasteiger partial charge in [-0.1, -0.05) is 0 Å². The lowest BCUT2D eigenvalue weighted by molar-refractivity contribution is -0.132. The Morgan fingerprint density at radius 3 is 3.11 bits per heavy atom. The summed E-state index contributed by atoms with van der Waals surface area (Å²) in [6, 6.07) is 0. The van der Waals surface area contributed by atoms with Gasteiger partial charge in [-0.05, 0) is 19.8 Å². The molecule has 1 amide bonds. The molecular weight excluding hydrogens is 362 g/mol. The van der Waals surface area contributed by atoms with Crippen LogP contribution in [-0.4, -0.2) is 53.6 Å². The van der Waals surface area contributed by atoms with Crippen LogP contribution in [0.3, 0.4) is 0 Å².